The zero-order valence-corrected chi connectivity index (χ0v) is 17.4. The van der Waals surface area contributed by atoms with E-state index in [4.69, 9.17) is 25.8 Å². The molecule has 2 aromatic carbocycles. The van der Waals surface area contributed by atoms with Gasteiger partial charge in [0, 0.05) is 43.5 Å². The van der Waals surface area contributed by atoms with Crippen molar-refractivity contribution in [1.82, 2.24) is 4.90 Å². The molecular formula is C22H27ClN2O3. The Morgan fingerprint density at radius 2 is 1.64 bits per heavy atom. The maximum absolute atomic E-state index is 6.19. The van der Waals surface area contributed by atoms with Crippen LogP contribution in [0.1, 0.15) is 24.4 Å². The average Bonchev–Trinajstić information content (AvgIpc) is 3.16. The van der Waals surface area contributed by atoms with Crippen LogP contribution < -0.4 is 19.1 Å². The Morgan fingerprint density at radius 3 is 2.39 bits per heavy atom. The lowest BCUT2D eigenvalue weighted by Crippen LogP contribution is -2.50. The van der Waals surface area contributed by atoms with Crippen LogP contribution in [0.25, 0.3) is 0 Å². The SMILES string of the molecule is COc1cc(N2CCN3C(CC[C@@H]3c3ccc(OC)c(OC)c3)C2)ccc1Cl. The maximum Gasteiger partial charge on any atom is 0.161 e. The Labute approximate surface area is 171 Å². The van der Waals surface area contributed by atoms with Gasteiger partial charge in [-0.05, 0) is 42.7 Å². The summed E-state index contributed by atoms with van der Waals surface area (Å²) in [6, 6.07) is 13.3. The fourth-order valence-electron chi connectivity index (χ4n) is 4.55. The van der Waals surface area contributed by atoms with E-state index in [1.807, 2.05) is 18.2 Å². The van der Waals surface area contributed by atoms with Crippen LogP contribution in [0.4, 0.5) is 5.69 Å². The zero-order valence-electron chi connectivity index (χ0n) is 16.7. The Kier molecular flexibility index (Phi) is 5.56. The minimum Gasteiger partial charge on any atom is -0.495 e. The predicted octanol–water partition coefficient (Wildman–Crippen LogP) is 4.39. The molecule has 2 fully saturated rings. The predicted molar refractivity (Wildman–Crippen MR) is 112 cm³/mol. The van der Waals surface area contributed by atoms with Crippen molar-refractivity contribution in [2.75, 3.05) is 45.9 Å². The number of anilines is 1. The highest BCUT2D eigenvalue weighted by Gasteiger charge is 2.38. The van der Waals surface area contributed by atoms with Crippen molar-refractivity contribution >= 4 is 17.3 Å². The number of rotatable bonds is 5. The van der Waals surface area contributed by atoms with Crippen LogP contribution in [0, 0.1) is 0 Å². The molecule has 2 saturated heterocycles. The number of methoxy groups -OCH3 is 3. The Balaban J connectivity index is 1.50. The van der Waals surface area contributed by atoms with Crippen molar-refractivity contribution < 1.29 is 14.2 Å². The lowest BCUT2D eigenvalue weighted by atomic mass is 10.0. The van der Waals surface area contributed by atoms with Gasteiger partial charge in [0.1, 0.15) is 5.75 Å². The maximum atomic E-state index is 6.19. The number of nitrogens with zero attached hydrogens (tertiary/aromatic N) is 2. The summed E-state index contributed by atoms with van der Waals surface area (Å²) in [6.45, 7) is 3.05. The first-order valence-electron chi connectivity index (χ1n) is 9.70. The fraction of sp³-hybridized carbons (Fsp3) is 0.455. The summed E-state index contributed by atoms with van der Waals surface area (Å²) in [7, 11) is 5.03. The second-order valence-electron chi connectivity index (χ2n) is 7.36. The highest BCUT2D eigenvalue weighted by Crippen LogP contribution is 2.41. The lowest BCUT2D eigenvalue weighted by Gasteiger charge is -2.41. The average molecular weight is 403 g/mol. The summed E-state index contributed by atoms with van der Waals surface area (Å²) in [5.41, 5.74) is 2.48. The Morgan fingerprint density at radius 1 is 0.857 bits per heavy atom. The van der Waals surface area contributed by atoms with E-state index in [2.05, 4.69) is 28.0 Å². The largest absolute Gasteiger partial charge is 0.495 e. The number of ether oxygens (including phenoxy) is 3. The van der Waals surface area contributed by atoms with Crippen LogP contribution in [-0.4, -0.2) is 51.9 Å². The molecule has 1 unspecified atom stereocenters. The van der Waals surface area contributed by atoms with Crippen molar-refractivity contribution in [1.29, 1.82) is 0 Å². The third-order valence-electron chi connectivity index (χ3n) is 5.99. The molecule has 150 valence electrons. The van der Waals surface area contributed by atoms with E-state index in [0.29, 0.717) is 17.1 Å². The van der Waals surface area contributed by atoms with Crippen LogP contribution in [0.2, 0.25) is 5.02 Å². The standard InChI is InChI=1S/C22H27ClN2O3/c1-26-20-9-4-15(12-22(20)28-3)19-8-6-17-14-24(10-11-25(17)19)16-5-7-18(23)21(13-16)27-2/h4-5,7,9,12-13,17,19H,6,8,10-11,14H2,1-3H3/t17?,19-/m1/s1. The lowest BCUT2D eigenvalue weighted by molar-refractivity contribution is 0.176. The van der Waals surface area contributed by atoms with Gasteiger partial charge in [0.2, 0.25) is 0 Å². The van der Waals surface area contributed by atoms with Crippen LogP contribution in [0.5, 0.6) is 17.2 Å². The van der Waals surface area contributed by atoms with Gasteiger partial charge in [-0.15, -0.1) is 0 Å². The molecule has 0 aromatic heterocycles. The topological polar surface area (TPSA) is 34.2 Å². The van der Waals surface area contributed by atoms with Crippen molar-refractivity contribution in [2.45, 2.75) is 24.9 Å². The highest BCUT2D eigenvalue weighted by atomic mass is 35.5. The fourth-order valence-corrected chi connectivity index (χ4v) is 4.75. The molecule has 2 aliphatic rings. The third kappa shape index (κ3) is 3.49. The van der Waals surface area contributed by atoms with Crippen LogP contribution in [0.3, 0.4) is 0 Å². The Hall–Kier alpha value is -2.11. The summed E-state index contributed by atoms with van der Waals surface area (Å²) in [4.78, 5) is 5.09. The number of hydrogen-bond donors (Lipinski definition) is 0. The van der Waals surface area contributed by atoms with Crippen LogP contribution >= 0.6 is 11.6 Å². The number of fused-ring (bicyclic) bond motifs is 1. The van der Waals surface area contributed by atoms with Crippen LogP contribution in [-0.2, 0) is 0 Å². The molecule has 2 aliphatic heterocycles. The molecule has 0 amide bonds. The van der Waals surface area contributed by atoms with Crippen molar-refractivity contribution in [3.05, 3.63) is 47.0 Å². The van der Waals surface area contributed by atoms with E-state index >= 15 is 0 Å². The third-order valence-corrected chi connectivity index (χ3v) is 6.31. The molecule has 5 nitrogen and oxygen atoms in total. The first kappa shape index (κ1) is 19.2. The van der Waals surface area contributed by atoms with Gasteiger partial charge >= 0.3 is 0 Å². The van der Waals surface area contributed by atoms with Crippen molar-refractivity contribution in [3.63, 3.8) is 0 Å². The molecule has 0 spiro atoms. The minimum atomic E-state index is 0.437. The van der Waals surface area contributed by atoms with E-state index in [1.165, 1.54) is 17.7 Å². The number of halogens is 1. The van der Waals surface area contributed by atoms with E-state index in [1.54, 1.807) is 21.3 Å². The quantitative estimate of drug-likeness (QED) is 0.740. The summed E-state index contributed by atoms with van der Waals surface area (Å²) < 4.78 is 16.3. The van der Waals surface area contributed by atoms with E-state index in [9.17, 15) is 0 Å². The number of piperazine rings is 1. The molecule has 4 rings (SSSR count). The smallest absolute Gasteiger partial charge is 0.161 e. The van der Waals surface area contributed by atoms with E-state index in [0.717, 1.165) is 43.3 Å². The van der Waals surface area contributed by atoms with Crippen molar-refractivity contribution in [3.8, 4) is 17.2 Å². The summed E-state index contributed by atoms with van der Waals surface area (Å²) >= 11 is 6.19. The van der Waals surface area contributed by atoms with Gasteiger partial charge in [-0.3, -0.25) is 4.90 Å². The Bertz CT molecular complexity index is 845. The summed E-state index contributed by atoms with van der Waals surface area (Å²) in [5.74, 6) is 2.31. The molecule has 0 aliphatic carbocycles. The van der Waals surface area contributed by atoms with Gasteiger partial charge < -0.3 is 19.1 Å². The molecule has 0 saturated carbocycles. The molecule has 2 heterocycles. The van der Waals surface area contributed by atoms with Gasteiger partial charge in [-0.25, -0.2) is 0 Å². The summed E-state index contributed by atoms with van der Waals surface area (Å²) in [6.07, 6.45) is 2.36. The van der Waals surface area contributed by atoms with Crippen LogP contribution in [0.15, 0.2) is 36.4 Å². The highest BCUT2D eigenvalue weighted by molar-refractivity contribution is 6.32. The first-order chi connectivity index (χ1) is 13.6. The monoisotopic (exact) mass is 402 g/mol. The molecule has 2 aromatic rings. The second kappa shape index (κ2) is 8.10. The molecule has 0 bridgehead atoms. The molecule has 0 radical (unpaired) electrons. The zero-order chi connectivity index (χ0) is 19.7. The van der Waals surface area contributed by atoms with Crippen molar-refractivity contribution in [2.24, 2.45) is 0 Å². The molecule has 6 heteroatoms. The van der Waals surface area contributed by atoms with Gasteiger partial charge in [-0.1, -0.05) is 17.7 Å². The molecule has 2 atom stereocenters. The second-order valence-corrected chi connectivity index (χ2v) is 7.77. The normalized spacial score (nSPS) is 22.1. The number of benzene rings is 2. The number of hydrogen-bond acceptors (Lipinski definition) is 5. The van der Waals surface area contributed by atoms with Gasteiger partial charge in [-0.2, -0.15) is 0 Å². The van der Waals surface area contributed by atoms with Gasteiger partial charge in [0.15, 0.2) is 11.5 Å². The summed E-state index contributed by atoms with van der Waals surface area (Å²) in [5, 5.41) is 0.652. The van der Waals surface area contributed by atoms with E-state index in [-0.39, 0.29) is 0 Å². The van der Waals surface area contributed by atoms with Gasteiger partial charge in [0.25, 0.3) is 0 Å². The molecule has 28 heavy (non-hydrogen) atoms. The molecule has 0 N–H and O–H groups in total. The minimum absolute atomic E-state index is 0.437. The first-order valence-corrected chi connectivity index (χ1v) is 10.1. The van der Waals surface area contributed by atoms with E-state index < -0.39 is 0 Å². The molecular weight excluding hydrogens is 376 g/mol. The van der Waals surface area contributed by atoms with Gasteiger partial charge in [0.05, 0.1) is 26.4 Å².